The summed E-state index contributed by atoms with van der Waals surface area (Å²) in [6.45, 7) is 2.45. The van der Waals surface area contributed by atoms with Crippen LogP contribution in [0.3, 0.4) is 0 Å². The van der Waals surface area contributed by atoms with Crippen molar-refractivity contribution < 1.29 is 18.7 Å². The number of aromatic nitrogens is 2. The Morgan fingerprint density at radius 2 is 1.47 bits per heavy atom. The number of hydrogen-bond donors (Lipinski definition) is 4. The molecule has 2 aliphatic rings. The molecule has 2 atom stereocenters. The van der Waals surface area contributed by atoms with Crippen molar-refractivity contribution in [2.45, 2.75) is 50.9 Å². The maximum atomic E-state index is 11.5. The molecule has 0 radical (unpaired) electrons. The van der Waals surface area contributed by atoms with Crippen LogP contribution in [-0.4, -0.2) is 54.1 Å². The van der Waals surface area contributed by atoms with E-state index >= 15 is 0 Å². The number of amides is 2. The van der Waals surface area contributed by atoms with Crippen molar-refractivity contribution in [1.82, 2.24) is 31.2 Å². The number of pyridine rings is 2. The maximum Gasteiger partial charge on any atom is 0.220 e. The monoisotopic (exact) mass is 698 g/mol. The van der Waals surface area contributed by atoms with E-state index in [0.717, 1.165) is 57.5 Å². The number of rotatable bonds is 12. The van der Waals surface area contributed by atoms with Crippen LogP contribution in [0.5, 0.6) is 5.88 Å². The summed E-state index contributed by atoms with van der Waals surface area (Å²) in [5.41, 5.74) is 6.92. The Morgan fingerprint density at radius 1 is 0.837 bits per heavy atom. The molecule has 7 rings (SSSR count). The summed E-state index contributed by atoms with van der Waals surface area (Å²) in [6, 6.07) is 19.7. The van der Waals surface area contributed by atoms with E-state index in [1.54, 1.807) is 13.3 Å². The van der Waals surface area contributed by atoms with Gasteiger partial charge in [-0.1, -0.05) is 65.7 Å². The molecule has 0 spiro atoms. The topological polar surface area (TPSA) is 130 Å². The van der Waals surface area contributed by atoms with Gasteiger partial charge in [-0.2, -0.15) is 0 Å². The predicted molar refractivity (Wildman–Crippen MR) is 190 cm³/mol. The molecule has 4 N–H and O–H groups in total. The van der Waals surface area contributed by atoms with E-state index in [1.165, 1.54) is 0 Å². The number of fused-ring (bicyclic) bond motifs is 1. The van der Waals surface area contributed by atoms with Gasteiger partial charge in [0.05, 0.1) is 29.4 Å². The van der Waals surface area contributed by atoms with Gasteiger partial charge in [-0.15, -0.1) is 0 Å². The minimum atomic E-state index is 0.0992. The van der Waals surface area contributed by atoms with Crippen LogP contribution in [0.1, 0.15) is 37.0 Å². The molecule has 0 aliphatic carbocycles. The molecule has 2 saturated heterocycles. The largest absolute Gasteiger partial charge is 0.481 e. The van der Waals surface area contributed by atoms with Crippen LogP contribution in [0.2, 0.25) is 10.0 Å². The van der Waals surface area contributed by atoms with E-state index in [9.17, 15) is 9.59 Å². The Labute approximate surface area is 293 Å². The van der Waals surface area contributed by atoms with E-state index in [4.69, 9.17) is 37.3 Å². The van der Waals surface area contributed by atoms with Crippen LogP contribution in [0.4, 0.5) is 0 Å². The number of nitrogens with one attached hydrogen (secondary N) is 4. The van der Waals surface area contributed by atoms with Crippen molar-refractivity contribution in [2.24, 2.45) is 0 Å². The molecule has 0 bridgehead atoms. The van der Waals surface area contributed by atoms with Crippen LogP contribution < -0.4 is 26.0 Å². The number of carbonyl (C=O) groups excluding carboxylic acids is 2. The molecule has 2 aromatic carbocycles. The third-order valence-electron chi connectivity index (χ3n) is 8.99. The van der Waals surface area contributed by atoms with Gasteiger partial charge in [0.15, 0.2) is 5.58 Å². The van der Waals surface area contributed by atoms with E-state index in [2.05, 4.69) is 26.3 Å². The van der Waals surface area contributed by atoms with Crippen molar-refractivity contribution in [2.75, 3.05) is 20.2 Å². The van der Waals surface area contributed by atoms with Crippen LogP contribution in [0, 0.1) is 0 Å². The quantitative estimate of drug-likeness (QED) is 0.120. The Morgan fingerprint density at radius 3 is 2.12 bits per heavy atom. The molecule has 2 fully saturated rings. The molecule has 3 aromatic heterocycles. The third-order valence-corrected chi connectivity index (χ3v) is 9.81. The lowest BCUT2D eigenvalue weighted by atomic mass is 9.97. The van der Waals surface area contributed by atoms with E-state index in [1.807, 2.05) is 60.7 Å². The van der Waals surface area contributed by atoms with E-state index in [0.29, 0.717) is 66.2 Å². The standard InChI is InChI=1S/C37H36Cl2N6O4/c1-48-37-21(16-40-18-23-9-12-33(46)43-23)8-11-30(45-37)29-7-3-6-28(36(29)39)27-5-2-4-26(35(27)38)22-14-32-31(42-17-22)15-25(49-32)20-41-19-24-10-13-34(47)44-24/h2-8,11,14-15,17,23-24,40-41H,9-10,12-13,16,18-20H2,1H3,(H,43,46)(H,44,47)/t23-,24-/m0/s1. The molecule has 10 nitrogen and oxygen atoms in total. The van der Waals surface area contributed by atoms with Gasteiger partial charge < -0.3 is 30.4 Å². The summed E-state index contributed by atoms with van der Waals surface area (Å²) in [5, 5.41) is 13.8. The van der Waals surface area contributed by atoms with Gasteiger partial charge in [-0.3, -0.25) is 14.6 Å². The van der Waals surface area contributed by atoms with Crippen molar-refractivity contribution >= 4 is 46.1 Å². The molecule has 12 heteroatoms. The molecular weight excluding hydrogens is 663 g/mol. The minimum absolute atomic E-state index is 0.0992. The second-order valence-corrected chi connectivity index (χ2v) is 13.1. The van der Waals surface area contributed by atoms with Crippen molar-refractivity contribution in [3.8, 4) is 39.4 Å². The van der Waals surface area contributed by atoms with Crippen molar-refractivity contribution in [3.05, 3.63) is 88.2 Å². The van der Waals surface area contributed by atoms with Crippen LogP contribution in [0.25, 0.3) is 44.6 Å². The fourth-order valence-corrected chi connectivity index (χ4v) is 7.11. The molecule has 5 heterocycles. The summed E-state index contributed by atoms with van der Waals surface area (Å²) in [7, 11) is 1.60. The molecular formula is C37H36Cl2N6O4. The lowest BCUT2D eigenvalue weighted by Crippen LogP contribution is -2.35. The first-order chi connectivity index (χ1) is 23.9. The number of ether oxygens (including phenoxy) is 1. The van der Waals surface area contributed by atoms with Gasteiger partial charge in [-0.25, -0.2) is 4.98 Å². The summed E-state index contributed by atoms with van der Waals surface area (Å²) in [5.74, 6) is 1.47. The highest BCUT2D eigenvalue weighted by atomic mass is 35.5. The maximum absolute atomic E-state index is 11.5. The van der Waals surface area contributed by atoms with Crippen LogP contribution >= 0.6 is 23.2 Å². The van der Waals surface area contributed by atoms with Gasteiger partial charge in [-0.05, 0) is 25.0 Å². The number of hydrogen-bond acceptors (Lipinski definition) is 8. The Kier molecular flexibility index (Phi) is 9.81. The second-order valence-electron chi connectivity index (χ2n) is 12.4. The fraction of sp³-hybridized carbons (Fsp3) is 0.297. The van der Waals surface area contributed by atoms with Crippen molar-refractivity contribution in [1.29, 1.82) is 0 Å². The smallest absolute Gasteiger partial charge is 0.220 e. The summed E-state index contributed by atoms with van der Waals surface area (Å²) < 4.78 is 11.8. The summed E-state index contributed by atoms with van der Waals surface area (Å²) >= 11 is 14.2. The zero-order valence-corrected chi connectivity index (χ0v) is 28.5. The SMILES string of the molecule is COc1nc(-c2cccc(-c3cccc(-c4cnc5cc(CNC[C@@H]6CCC(=O)N6)oc5c4)c3Cl)c2Cl)ccc1CNC[C@@H]1CCC(=O)N1. The normalized spacial score (nSPS) is 17.4. The van der Waals surface area contributed by atoms with Gasteiger partial charge in [0, 0.05) is 90.2 Å². The summed E-state index contributed by atoms with van der Waals surface area (Å²) in [6.07, 6.45) is 4.62. The van der Waals surface area contributed by atoms with Crippen LogP contribution in [0.15, 0.2) is 71.3 Å². The molecule has 0 saturated carbocycles. The lowest BCUT2D eigenvalue weighted by Gasteiger charge is -2.15. The average molecular weight is 700 g/mol. The lowest BCUT2D eigenvalue weighted by molar-refractivity contribution is -0.120. The van der Waals surface area contributed by atoms with Gasteiger partial charge in [0.1, 0.15) is 11.3 Å². The first kappa shape index (κ1) is 33.0. The number of halogens is 2. The highest BCUT2D eigenvalue weighted by Gasteiger charge is 2.22. The van der Waals surface area contributed by atoms with Gasteiger partial charge in [0.25, 0.3) is 0 Å². The number of nitrogens with zero attached hydrogens (tertiary/aromatic N) is 2. The molecule has 252 valence electrons. The zero-order valence-electron chi connectivity index (χ0n) is 26.9. The Balaban J connectivity index is 1.09. The van der Waals surface area contributed by atoms with E-state index in [-0.39, 0.29) is 23.9 Å². The predicted octanol–water partition coefficient (Wildman–Crippen LogP) is 6.28. The Hall–Kier alpha value is -4.48. The van der Waals surface area contributed by atoms with Crippen molar-refractivity contribution in [3.63, 3.8) is 0 Å². The zero-order chi connectivity index (χ0) is 33.9. The third kappa shape index (κ3) is 7.28. The number of benzene rings is 2. The molecule has 2 amide bonds. The summed E-state index contributed by atoms with van der Waals surface area (Å²) in [4.78, 5) is 32.4. The van der Waals surface area contributed by atoms with Gasteiger partial charge in [0.2, 0.25) is 17.7 Å². The highest BCUT2D eigenvalue weighted by Crippen LogP contribution is 2.42. The Bertz CT molecular complexity index is 2030. The molecule has 49 heavy (non-hydrogen) atoms. The van der Waals surface area contributed by atoms with Gasteiger partial charge >= 0.3 is 0 Å². The first-order valence-electron chi connectivity index (χ1n) is 16.4. The second kappa shape index (κ2) is 14.6. The highest BCUT2D eigenvalue weighted by molar-refractivity contribution is 6.39. The number of carbonyl (C=O) groups is 2. The fourth-order valence-electron chi connectivity index (χ4n) is 6.45. The number of furan rings is 1. The first-order valence-corrected chi connectivity index (χ1v) is 17.1. The number of methoxy groups -OCH3 is 1. The average Bonchev–Trinajstić information content (AvgIpc) is 3.84. The molecule has 0 unspecified atom stereocenters. The van der Waals surface area contributed by atoms with E-state index < -0.39 is 0 Å². The minimum Gasteiger partial charge on any atom is -0.481 e. The molecule has 5 aromatic rings. The molecule has 2 aliphatic heterocycles. The van der Waals surface area contributed by atoms with Crippen LogP contribution in [-0.2, 0) is 22.7 Å².